The third-order valence-electron chi connectivity index (χ3n) is 2.84. The van der Waals surface area contributed by atoms with Crippen molar-refractivity contribution in [2.45, 2.75) is 11.8 Å². The molecule has 0 radical (unpaired) electrons. The molecule has 1 N–H and O–H groups in total. The van der Waals surface area contributed by atoms with E-state index in [2.05, 4.69) is 10.3 Å². The Labute approximate surface area is 119 Å². The molecule has 98 valence electrons. The number of nitrogens with zero attached hydrogens (tertiary/aromatic N) is 2. The van der Waals surface area contributed by atoms with E-state index in [9.17, 15) is 9.59 Å². The number of amidine groups is 1. The quantitative estimate of drug-likeness (QED) is 0.847. The van der Waals surface area contributed by atoms with Crippen LogP contribution in [0.3, 0.4) is 0 Å². The number of hydrogen-bond acceptors (Lipinski definition) is 4. The van der Waals surface area contributed by atoms with E-state index in [0.29, 0.717) is 16.7 Å². The van der Waals surface area contributed by atoms with E-state index in [1.54, 1.807) is 11.0 Å². The van der Waals surface area contributed by atoms with E-state index in [-0.39, 0.29) is 23.6 Å². The van der Waals surface area contributed by atoms with Gasteiger partial charge in [0.05, 0.1) is 22.6 Å². The van der Waals surface area contributed by atoms with Gasteiger partial charge < -0.3 is 5.32 Å². The number of benzene rings is 1. The molecule has 1 atom stereocenters. The monoisotopic (exact) mass is 295 g/mol. The minimum atomic E-state index is -0.373. The standard InChI is InChI=1S/C12H10ClN3O2S/c13-7-3-1-2-4-8(7)14-10-6-16-11(18)5-9(17)15-12(16)19-10/h1-4,10,14H,5-6H2. The van der Waals surface area contributed by atoms with E-state index in [1.165, 1.54) is 11.8 Å². The van der Waals surface area contributed by atoms with Gasteiger partial charge in [-0.2, -0.15) is 4.99 Å². The van der Waals surface area contributed by atoms with Crippen molar-refractivity contribution in [3.8, 4) is 0 Å². The molecule has 0 aliphatic carbocycles. The number of rotatable bonds is 2. The molecule has 1 unspecified atom stereocenters. The smallest absolute Gasteiger partial charge is 0.257 e. The highest BCUT2D eigenvalue weighted by Crippen LogP contribution is 2.31. The Balaban J connectivity index is 1.76. The van der Waals surface area contributed by atoms with Crippen LogP contribution >= 0.6 is 23.4 Å². The van der Waals surface area contributed by atoms with Gasteiger partial charge in [0.15, 0.2) is 5.17 Å². The molecular formula is C12H10ClN3O2S. The molecule has 1 aromatic carbocycles. The lowest BCUT2D eigenvalue weighted by Crippen LogP contribution is -2.38. The average molecular weight is 296 g/mol. The van der Waals surface area contributed by atoms with Crippen molar-refractivity contribution in [1.82, 2.24) is 4.90 Å². The topological polar surface area (TPSA) is 61.8 Å². The molecule has 0 spiro atoms. The molecule has 1 aromatic rings. The Morgan fingerprint density at radius 1 is 1.37 bits per heavy atom. The first-order chi connectivity index (χ1) is 9.13. The van der Waals surface area contributed by atoms with Gasteiger partial charge in [0, 0.05) is 0 Å². The molecule has 2 amide bonds. The molecule has 1 saturated heterocycles. The predicted molar refractivity (Wildman–Crippen MR) is 75.2 cm³/mol. The highest BCUT2D eigenvalue weighted by atomic mass is 35.5. The Morgan fingerprint density at radius 3 is 2.95 bits per heavy atom. The van der Waals surface area contributed by atoms with Gasteiger partial charge >= 0.3 is 0 Å². The van der Waals surface area contributed by atoms with Gasteiger partial charge in [0.2, 0.25) is 5.91 Å². The van der Waals surface area contributed by atoms with E-state index in [0.717, 1.165) is 5.69 Å². The van der Waals surface area contributed by atoms with E-state index >= 15 is 0 Å². The van der Waals surface area contributed by atoms with Gasteiger partial charge in [-0.15, -0.1) is 0 Å². The number of aliphatic imine (C=N–C) groups is 1. The first kappa shape index (κ1) is 12.5. The van der Waals surface area contributed by atoms with Crippen molar-refractivity contribution in [1.29, 1.82) is 0 Å². The molecule has 2 aliphatic rings. The number of nitrogens with one attached hydrogen (secondary N) is 1. The van der Waals surface area contributed by atoms with Gasteiger partial charge in [-0.3, -0.25) is 14.5 Å². The Bertz CT molecular complexity index is 590. The fraction of sp³-hybridized carbons (Fsp3) is 0.250. The Morgan fingerprint density at radius 2 is 2.16 bits per heavy atom. The number of hydrogen-bond donors (Lipinski definition) is 1. The maximum absolute atomic E-state index is 11.7. The first-order valence-corrected chi connectivity index (χ1v) is 6.99. The minimum absolute atomic E-state index is 0.0477. The zero-order chi connectivity index (χ0) is 13.4. The summed E-state index contributed by atoms with van der Waals surface area (Å²) in [5.41, 5.74) is 0.806. The van der Waals surface area contributed by atoms with E-state index < -0.39 is 0 Å². The summed E-state index contributed by atoms with van der Waals surface area (Å²) in [4.78, 5) is 28.4. The van der Waals surface area contributed by atoms with Crippen LogP contribution in [0.4, 0.5) is 5.69 Å². The van der Waals surface area contributed by atoms with Gasteiger partial charge in [-0.1, -0.05) is 35.5 Å². The normalized spacial score (nSPS) is 22.3. The summed E-state index contributed by atoms with van der Waals surface area (Å²) in [6.45, 7) is 0.487. The fourth-order valence-electron chi connectivity index (χ4n) is 1.97. The van der Waals surface area contributed by atoms with Crippen molar-refractivity contribution in [2.24, 2.45) is 4.99 Å². The molecule has 0 aromatic heterocycles. The fourth-order valence-corrected chi connectivity index (χ4v) is 3.28. The van der Waals surface area contributed by atoms with Crippen LogP contribution in [0.1, 0.15) is 6.42 Å². The van der Waals surface area contributed by atoms with E-state index in [4.69, 9.17) is 11.6 Å². The zero-order valence-electron chi connectivity index (χ0n) is 9.80. The number of anilines is 1. The second kappa shape index (κ2) is 4.86. The minimum Gasteiger partial charge on any atom is -0.370 e. The van der Waals surface area contributed by atoms with Crippen LogP contribution in [-0.2, 0) is 9.59 Å². The van der Waals surface area contributed by atoms with Gasteiger partial charge in [0.1, 0.15) is 6.42 Å². The Kier molecular flexibility index (Phi) is 3.20. The summed E-state index contributed by atoms with van der Waals surface area (Å²) in [7, 11) is 0. The maximum atomic E-state index is 11.7. The lowest BCUT2D eigenvalue weighted by molar-refractivity contribution is -0.133. The number of carbonyl (C=O) groups is 2. The highest BCUT2D eigenvalue weighted by molar-refractivity contribution is 8.14. The van der Waals surface area contributed by atoms with E-state index in [1.807, 2.05) is 18.2 Å². The SMILES string of the molecule is O=C1CC(=O)N2CC(Nc3ccccc3Cl)SC2=N1. The third kappa shape index (κ3) is 2.46. The molecule has 19 heavy (non-hydrogen) atoms. The molecule has 0 bridgehead atoms. The summed E-state index contributed by atoms with van der Waals surface area (Å²) in [6, 6.07) is 7.40. The van der Waals surface area contributed by atoms with Gasteiger partial charge in [-0.25, -0.2) is 0 Å². The number of halogens is 1. The molecule has 3 rings (SSSR count). The second-order valence-corrected chi connectivity index (χ2v) is 5.78. The largest absolute Gasteiger partial charge is 0.370 e. The predicted octanol–water partition coefficient (Wildman–Crippen LogP) is 1.94. The number of fused-ring (bicyclic) bond motifs is 1. The van der Waals surface area contributed by atoms with Crippen LogP contribution in [0.5, 0.6) is 0 Å². The first-order valence-electron chi connectivity index (χ1n) is 5.73. The lowest BCUT2D eigenvalue weighted by atomic mass is 10.3. The highest BCUT2D eigenvalue weighted by Gasteiger charge is 2.37. The molecular weight excluding hydrogens is 286 g/mol. The molecule has 2 aliphatic heterocycles. The molecule has 1 fully saturated rings. The Hall–Kier alpha value is -1.53. The summed E-state index contributed by atoms with van der Waals surface area (Å²) in [5.74, 6) is -0.562. The number of carbonyl (C=O) groups excluding carboxylic acids is 2. The van der Waals surface area contributed by atoms with Crippen molar-refractivity contribution < 1.29 is 9.59 Å². The second-order valence-electron chi connectivity index (χ2n) is 4.20. The maximum Gasteiger partial charge on any atom is 0.257 e. The van der Waals surface area contributed by atoms with Crippen molar-refractivity contribution in [3.63, 3.8) is 0 Å². The van der Waals surface area contributed by atoms with Gasteiger partial charge in [0.25, 0.3) is 5.91 Å². The van der Waals surface area contributed by atoms with Crippen LogP contribution in [0.25, 0.3) is 0 Å². The zero-order valence-corrected chi connectivity index (χ0v) is 11.4. The number of para-hydroxylation sites is 1. The van der Waals surface area contributed by atoms with Gasteiger partial charge in [-0.05, 0) is 12.1 Å². The van der Waals surface area contributed by atoms with Crippen LogP contribution in [0.2, 0.25) is 5.02 Å². The summed E-state index contributed by atoms with van der Waals surface area (Å²) >= 11 is 7.44. The van der Waals surface area contributed by atoms with Crippen molar-refractivity contribution >= 4 is 46.0 Å². The summed E-state index contributed by atoms with van der Waals surface area (Å²) in [5, 5.41) is 4.30. The lowest BCUT2D eigenvalue weighted by Gasteiger charge is -2.18. The summed E-state index contributed by atoms with van der Waals surface area (Å²) in [6.07, 6.45) is -0.136. The number of amides is 2. The van der Waals surface area contributed by atoms with Crippen molar-refractivity contribution in [3.05, 3.63) is 29.3 Å². The molecule has 5 nitrogen and oxygen atoms in total. The number of thioether (sulfide) groups is 1. The van der Waals surface area contributed by atoms with Crippen LogP contribution < -0.4 is 5.32 Å². The van der Waals surface area contributed by atoms with Crippen LogP contribution in [0.15, 0.2) is 29.3 Å². The summed E-state index contributed by atoms with van der Waals surface area (Å²) < 4.78 is 0. The average Bonchev–Trinajstić information content (AvgIpc) is 2.75. The van der Waals surface area contributed by atoms with Crippen LogP contribution in [-0.4, -0.2) is 33.8 Å². The molecule has 0 saturated carbocycles. The third-order valence-corrected chi connectivity index (χ3v) is 4.24. The molecule has 2 heterocycles. The van der Waals surface area contributed by atoms with Crippen LogP contribution in [0, 0.1) is 0 Å². The molecule has 7 heteroatoms. The van der Waals surface area contributed by atoms with Crippen molar-refractivity contribution in [2.75, 3.05) is 11.9 Å².